The molecule has 1 aromatic carbocycles. The van der Waals surface area contributed by atoms with Gasteiger partial charge in [0.05, 0.1) is 13.0 Å². The van der Waals surface area contributed by atoms with Gasteiger partial charge in [0.15, 0.2) is 0 Å². The van der Waals surface area contributed by atoms with E-state index in [-0.39, 0.29) is 18.4 Å². The van der Waals surface area contributed by atoms with Crippen LogP contribution in [0.1, 0.15) is 23.1 Å². The smallest absolute Gasteiger partial charge is 0.227 e. The lowest BCUT2D eigenvalue weighted by Gasteiger charge is -2.38. The predicted octanol–water partition coefficient (Wildman–Crippen LogP) is 1.88. The first-order valence-corrected chi connectivity index (χ1v) is 9.55. The number of aliphatic hydroxyl groups excluding tert-OH is 1. The average molecular weight is 363 g/mol. The molecule has 1 N–H and O–H groups in total. The molecule has 0 bridgehead atoms. The fourth-order valence-corrected chi connectivity index (χ4v) is 3.77. The number of rotatable bonds is 8. The number of hydrogen-bond donors (Lipinski definition) is 1. The van der Waals surface area contributed by atoms with E-state index in [4.69, 9.17) is 4.74 Å². The van der Waals surface area contributed by atoms with Crippen LogP contribution in [0.15, 0.2) is 18.2 Å². The molecule has 1 saturated heterocycles. The number of methoxy groups -OCH3 is 1. The number of hydrogen-bond acceptors (Lipinski definition) is 4. The largest absolute Gasteiger partial charge is 0.396 e. The van der Waals surface area contributed by atoms with Gasteiger partial charge in [-0.1, -0.05) is 18.2 Å². The van der Waals surface area contributed by atoms with Crippen molar-refractivity contribution in [2.75, 3.05) is 53.6 Å². The van der Waals surface area contributed by atoms with Gasteiger partial charge in [-0.25, -0.2) is 0 Å². The highest BCUT2D eigenvalue weighted by Crippen LogP contribution is 2.23. The number of likely N-dealkylation sites (N-methyl/N-ethyl adjacent to an activating group) is 1. The number of aliphatic hydroxyl groups is 1. The van der Waals surface area contributed by atoms with Gasteiger partial charge in [0, 0.05) is 39.9 Å². The van der Waals surface area contributed by atoms with E-state index in [2.05, 4.69) is 37.9 Å². The third-order valence-corrected chi connectivity index (χ3v) is 5.41. The predicted molar refractivity (Wildman–Crippen MR) is 104 cm³/mol. The van der Waals surface area contributed by atoms with Crippen molar-refractivity contribution in [1.82, 2.24) is 9.80 Å². The number of piperidine rings is 1. The molecule has 0 radical (unpaired) electrons. The van der Waals surface area contributed by atoms with Gasteiger partial charge >= 0.3 is 0 Å². The maximum Gasteiger partial charge on any atom is 0.227 e. The highest BCUT2D eigenvalue weighted by molar-refractivity contribution is 5.79. The van der Waals surface area contributed by atoms with E-state index in [1.165, 1.54) is 11.1 Å². The van der Waals surface area contributed by atoms with Gasteiger partial charge < -0.3 is 19.6 Å². The van der Waals surface area contributed by atoms with Crippen molar-refractivity contribution in [1.29, 1.82) is 0 Å². The molecule has 2 atom stereocenters. The summed E-state index contributed by atoms with van der Waals surface area (Å²) in [7, 11) is 3.80. The highest BCUT2D eigenvalue weighted by atomic mass is 16.5. The number of amides is 1. The molecule has 1 aromatic rings. The lowest BCUT2D eigenvalue weighted by atomic mass is 9.89. The van der Waals surface area contributed by atoms with Gasteiger partial charge in [-0.05, 0) is 55.8 Å². The Morgan fingerprint density at radius 3 is 2.65 bits per heavy atom. The van der Waals surface area contributed by atoms with Crippen molar-refractivity contribution < 1.29 is 14.6 Å². The molecule has 1 aliphatic rings. The van der Waals surface area contributed by atoms with Crippen LogP contribution in [0.5, 0.6) is 0 Å². The Morgan fingerprint density at radius 1 is 1.27 bits per heavy atom. The second-order valence-electron chi connectivity index (χ2n) is 7.80. The highest BCUT2D eigenvalue weighted by Gasteiger charge is 2.30. The van der Waals surface area contributed by atoms with Gasteiger partial charge in [0.2, 0.25) is 5.91 Å². The quantitative estimate of drug-likeness (QED) is 0.767. The van der Waals surface area contributed by atoms with Gasteiger partial charge in [-0.3, -0.25) is 4.79 Å². The normalized spacial score (nSPS) is 20.6. The van der Waals surface area contributed by atoms with Crippen LogP contribution in [-0.2, 0) is 16.0 Å². The minimum absolute atomic E-state index is 0.145. The van der Waals surface area contributed by atoms with Crippen LogP contribution in [0.3, 0.4) is 0 Å². The zero-order valence-corrected chi connectivity index (χ0v) is 16.7. The second kappa shape index (κ2) is 10.0. The molecule has 1 aliphatic heterocycles. The summed E-state index contributed by atoms with van der Waals surface area (Å²) in [4.78, 5) is 17.0. The van der Waals surface area contributed by atoms with E-state index in [1.807, 2.05) is 11.0 Å². The van der Waals surface area contributed by atoms with E-state index in [1.54, 1.807) is 7.11 Å². The lowest BCUT2D eigenvalue weighted by molar-refractivity contribution is -0.134. The average Bonchev–Trinajstić information content (AvgIpc) is 2.62. The number of aryl methyl sites for hydroxylation is 2. The zero-order chi connectivity index (χ0) is 19.1. The molecule has 0 unspecified atom stereocenters. The van der Waals surface area contributed by atoms with Crippen LogP contribution < -0.4 is 0 Å². The summed E-state index contributed by atoms with van der Waals surface area (Å²) < 4.78 is 5.14. The minimum atomic E-state index is 0.145. The molecule has 146 valence electrons. The first-order chi connectivity index (χ1) is 12.4. The zero-order valence-electron chi connectivity index (χ0n) is 16.7. The van der Waals surface area contributed by atoms with Gasteiger partial charge in [-0.15, -0.1) is 0 Å². The van der Waals surface area contributed by atoms with Gasteiger partial charge in [-0.2, -0.15) is 0 Å². The Kier molecular flexibility index (Phi) is 8.07. The van der Waals surface area contributed by atoms with Crippen molar-refractivity contribution in [3.05, 3.63) is 34.9 Å². The molecular weight excluding hydrogens is 328 g/mol. The van der Waals surface area contributed by atoms with E-state index >= 15 is 0 Å². The summed E-state index contributed by atoms with van der Waals surface area (Å²) >= 11 is 0. The van der Waals surface area contributed by atoms with E-state index in [9.17, 15) is 9.90 Å². The molecule has 0 aliphatic carbocycles. The summed E-state index contributed by atoms with van der Waals surface area (Å²) in [5.74, 6) is 0.732. The van der Waals surface area contributed by atoms with Crippen LogP contribution in [-0.4, -0.2) is 74.4 Å². The standard InChI is InChI=1S/C21H34N2O3/c1-16-5-6-18(9-17(16)2)11-21(25)23-13-19(10-20(14-23)15-24)12-22(3)7-8-26-4/h5-6,9,19-20,24H,7-8,10-15H2,1-4H3/t19-,20-/m1/s1. The van der Waals surface area contributed by atoms with E-state index in [0.29, 0.717) is 25.5 Å². The number of carbonyl (C=O) groups excluding carboxylic acids is 1. The summed E-state index contributed by atoms with van der Waals surface area (Å²) in [5.41, 5.74) is 3.54. The summed E-state index contributed by atoms with van der Waals surface area (Å²) in [5, 5.41) is 9.67. The molecule has 0 aromatic heterocycles. The fraction of sp³-hybridized carbons (Fsp3) is 0.667. The first kappa shape index (κ1) is 20.9. The third kappa shape index (κ3) is 6.08. The molecule has 26 heavy (non-hydrogen) atoms. The third-order valence-electron chi connectivity index (χ3n) is 5.41. The topological polar surface area (TPSA) is 53.0 Å². The Balaban J connectivity index is 1.97. The maximum absolute atomic E-state index is 12.8. The molecule has 1 heterocycles. The molecule has 1 amide bonds. The van der Waals surface area contributed by atoms with Crippen LogP contribution in [0.2, 0.25) is 0 Å². The molecule has 5 heteroatoms. The Bertz CT molecular complexity index is 591. The number of likely N-dealkylation sites (tertiary alicyclic amines) is 1. The van der Waals surface area contributed by atoms with Crippen LogP contribution in [0.25, 0.3) is 0 Å². The molecular formula is C21H34N2O3. The number of ether oxygens (including phenoxy) is 1. The van der Waals surface area contributed by atoms with E-state index < -0.39 is 0 Å². The van der Waals surface area contributed by atoms with Crippen LogP contribution in [0, 0.1) is 25.7 Å². The van der Waals surface area contributed by atoms with Crippen LogP contribution in [0.4, 0.5) is 0 Å². The molecule has 5 nitrogen and oxygen atoms in total. The van der Waals surface area contributed by atoms with E-state index in [0.717, 1.165) is 31.6 Å². The van der Waals surface area contributed by atoms with Crippen molar-refractivity contribution >= 4 is 5.91 Å². The summed E-state index contributed by atoms with van der Waals surface area (Å²) in [6.07, 6.45) is 1.41. The summed E-state index contributed by atoms with van der Waals surface area (Å²) in [6.45, 7) is 8.27. The minimum Gasteiger partial charge on any atom is -0.396 e. The van der Waals surface area contributed by atoms with Crippen molar-refractivity contribution in [3.63, 3.8) is 0 Å². The monoisotopic (exact) mass is 362 g/mol. The fourth-order valence-electron chi connectivity index (χ4n) is 3.77. The number of benzene rings is 1. The first-order valence-electron chi connectivity index (χ1n) is 9.55. The Morgan fingerprint density at radius 2 is 2.00 bits per heavy atom. The van der Waals surface area contributed by atoms with Gasteiger partial charge in [0.1, 0.15) is 0 Å². The van der Waals surface area contributed by atoms with Crippen LogP contribution >= 0.6 is 0 Å². The second-order valence-corrected chi connectivity index (χ2v) is 7.80. The SMILES string of the molecule is COCCN(C)C[C@H]1C[C@@H](CO)CN(C(=O)Cc2ccc(C)c(C)c2)C1. The molecule has 1 fully saturated rings. The Labute approximate surface area is 157 Å². The molecule has 0 spiro atoms. The van der Waals surface area contributed by atoms with Gasteiger partial charge in [0.25, 0.3) is 0 Å². The lowest BCUT2D eigenvalue weighted by Crippen LogP contribution is -2.48. The Hall–Kier alpha value is -1.43. The maximum atomic E-state index is 12.8. The summed E-state index contributed by atoms with van der Waals surface area (Å²) in [6, 6.07) is 6.23. The van der Waals surface area contributed by atoms with Crippen molar-refractivity contribution in [2.24, 2.45) is 11.8 Å². The molecule has 2 rings (SSSR count). The van der Waals surface area contributed by atoms with Crippen molar-refractivity contribution in [3.8, 4) is 0 Å². The number of carbonyl (C=O) groups is 1. The molecule has 0 saturated carbocycles. The van der Waals surface area contributed by atoms with Crippen molar-refractivity contribution in [2.45, 2.75) is 26.7 Å². The number of nitrogens with zero attached hydrogens (tertiary/aromatic N) is 2.